The number of nitrogens with one attached hydrogen (secondary N) is 1. The number of nitrogens with zero attached hydrogens (tertiary/aromatic N) is 1. The zero-order valence-electron chi connectivity index (χ0n) is 10.9. The van der Waals surface area contributed by atoms with Crippen LogP contribution in [0.5, 0.6) is 0 Å². The van der Waals surface area contributed by atoms with E-state index in [-0.39, 0.29) is 0 Å². The first-order valence-corrected chi connectivity index (χ1v) is 6.13. The van der Waals surface area contributed by atoms with Gasteiger partial charge in [0.25, 0.3) is 0 Å². The molecule has 0 aromatic heterocycles. The lowest BCUT2D eigenvalue weighted by Crippen LogP contribution is -2.32. The van der Waals surface area contributed by atoms with Crippen LogP contribution in [0.4, 0.5) is 5.69 Å². The van der Waals surface area contributed by atoms with Gasteiger partial charge >= 0.3 is 0 Å². The third-order valence-corrected chi connectivity index (χ3v) is 3.13. The molecule has 1 aromatic rings. The second-order valence-electron chi connectivity index (χ2n) is 4.61. The highest BCUT2D eigenvalue weighted by atomic mass is 32.1. The quantitative estimate of drug-likeness (QED) is 0.785. The maximum Gasteiger partial charge on any atom is 0.106 e. The lowest BCUT2D eigenvalue weighted by Gasteiger charge is -2.21. The van der Waals surface area contributed by atoms with E-state index in [2.05, 4.69) is 37.3 Å². The third kappa shape index (κ3) is 3.98. The van der Waals surface area contributed by atoms with Gasteiger partial charge in [0.05, 0.1) is 0 Å². The van der Waals surface area contributed by atoms with Crippen LogP contribution in [0.25, 0.3) is 0 Å². The minimum atomic E-state index is 0.439. The SMILES string of the molecule is Cc1ccc(NCC(C)N(C)C)c(C(N)=S)c1. The normalized spacial score (nSPS) is 12.5. The molecule has 0 aliphatic heterocycles. The summed E-state index contributed by atoms with van der Waals surface area (Å²) in [6, 6.07) is 6.57. The van der Waals surface area contributed by atoms with Crippen LogP contribution in [0.2, 0.25) is 0 Å². The summed E-state index contributed by atoms with van der Waals surface area (Å²) in [6.07, 6.45) is 0. The largest absolute Gasteiger partial charge is 0.389 e. The average molecular weight is 251 g/mol. The van der Waals surface area contributed by atoms with Crippen molar-refractivity contribution in [2.45, 2.75) is 19.9 Å². The minimum absolute atomic E-state index is 0.439. The van der Waals surface area contributed by atoms with Gasteiger partial charge in [0.15, 0.2) is 0 Å². The predicted molar refractivity (Wildman–Crippen MR) is 78.7 cm³/mol. The first-order valence-electron chi connectivity index (χ1n) is 5.72. The second kappa shape index (κ2) is 5.98. The molecule has 3 nitrogen and oxygen atoms in total. The number of benzene rings is 1. The van der Waals surface area contributed by atoms with E-state index in [1.54, 1.807) is 0 Å². The fourth-order valence-corrected chi connectivity index (χ4v) is 1.63. The van der Waals surface area contributed by atoms with Crippen molar-refractivity contribution >= 4 is 22.9 Å². The molecule has 0 aliphatic carbocycles. The Morgan fingerprint density at radius 1 is 1.47 bits per heavy atom. The predicted octanol–water partition coefficient (Wildman–Crippen LogP) is 1.99. The summed E-state index contributed by atoms with van der Waals surface area (Å²) in [5.41, 5.74) is 8.83. The lowest BCUT2D eigenvalue weighted by atomic mass is 10.1. The number of hydrogen-bond donors (Lipinski definition) is 2. The van der Waals surface area contributed by atoms with E-state index in [1.165, 1.54) is 5.56 Å². The molecule has 0 saturated carbocycles. The monoisotopic (exact) mass is 251 g/mol. The van der Waals surface area contributed by atoms with E-state index < -0.39 is 0 Å². The van der Waals surface area contributed by atoms with Gasteiger partial charge in [-0.3, -0.25) is 0 Å². The number of anilines is 1. The van der Waals surface area contributed by atoms with E-state index in [0.717, 1.165) is 17.8 Å². The topological polar surface area (TPSA) is 41.3 Å². The molecule has 1 atom stereocenters. The molecule has 0 bridgehead atoms. The van der Waals surface area contributed by atoms with Crippen molar-refractivity contribution in [2.75, 3.05) is 26.0 Å². The summed E-state index contributed by atoms with van der Waals surface area (Å²) in [4.78, 5) is 2.61. The van der Waals surface area contributed by atoms with Gasteiger partial charge in [-0.2, -0.15) is 0 Å². The van der Waals surface area contributed by atoms with E-state index in [0.29, 0.717) is 11.0 Å². The van der Waals surface area contributed by atoms with Crippen molar-refractivity contribution in [3.8, 4) is 0 Å². The lowest BCUT2D eigenvalue weighted by molar-refractivity contribution is 0.326. The van der Waals surface area contributed by atoms with Crippen LogP contribution in [0.15, 0.2) is 18.2 Å². The maximum atomic E-state index is 5.73. The molecule has 0 heterocycles. The summed E-state index contributed by atoms with van der Waals surface area (Å²) in [5.74, 6) is 0. The highest BCUT2D eigenvalue weighted by molar-refractivity contribution is 7.80. The maximum absolute atomic E-state index is 5.73. The van der Waals surface area contributed by atoms with Crippen molar-refractivity contribution in [3.05, 3.63) is 29.3 Å². The Kier molecular flexibility index (Phi) is 4.90. The van der Waals surface area contributed by atoms with E-state index in [9.17, 15) is 0 Å². The Morgan fingerprint density at radius 3 is 2.65 bits per heavy atom. The van der Waals surface area contributed by atoms with Crippen LogP contribution in [-0.2, 0) is 0 Å². The summed E-state index contributed by atoms with van der Waals surface area (Å²) in [5, 5.41) is 3.39. The zero-order chi connectivity index (χ0) is 13.0. The van der Waals surface area contributed by atoms with Gasteiger partial charge in [0.2, 0.25) is 0 Å². The van der Waals surface area contributed by atoms with E-state index >= 15 is 0 Å². The number of aryl methyl sites for hydroxylation is 1. The van der Waals surface area contributed by atoms with E-state index in [1.807, 2.05) is 19.1 Å². The number of nitrogens with two attached hydrogens (primary N) is 1. The summed E-state index contributed by atoms with van der Waals surface area (Å²) < 4.78 is 0. The number of likely N-dealkylation sites (N-methyl/N-ethyl adjacent to an activating group) is 1. The number of hydrogen-bond acceptors (Lipinski definition) is 3. The minimum Gasteiger partial charge on any atom is -0.389 e. The number of rotatable bonds is 5. The molecule has 0 saturated heterocycles. The fourth-order valence-electron chi connectivity index (χ4n) is 1.46. The molecule has 0 amide bonds. The molecule has 1 rings (SSSR count). The Bertz CT molecular complexity index is 402. The van der Waals surface area contributed by atoms with Crippen molar-refractivity contribution in [1.82, 2.24) is 4.90 Å². The van der Waals surface area contributed by atoms with Gasteiger partial charge in [-0.1, -0.05) is 23.8 Å². The van der Waals surface area contributed by atoms with Crippen LogP contribution in [0, 0.1) is 6.92 Å². The molecule has 0 fully saturated rings. The second-order valence-corrected chi connectivity index (χ2v) is 5.05. The summed E-state index contributed by atoms with van der Waals surface area (Å²) >= 11 is 5.07. The van der Waals surface area contributed by atoms with Crippen molar-refractivity contribution in [3.63, 3.8) is 0 Å². The standard InChI is InChI=1S/C13H21N3S/c1-9-5-6-12(11(7-9)13(14)17)15-8-10(2)16(3)4/h5-7,10,15H,8H2,1-4H3,(H2,14,17). The van der Waals surface area contributed by atoms with Gasteiger partial charge in [0, 0.05) is 23.8 Å². The first-order chi connectivity index (χ1) is 7.91. The van der Waals surface area contributed by atoms with Crippen molar-refractivity contribution in [1.29, 1.82) is 0 Å². The molecule has 0 aliphatic rings. The smallest absolute Gasteiger partial charge is 0.106 e. The van der Waals surface area contributed by atoms with Gasteiger partial charge in [-0.25, -0.2) is 0 Å². The average Bonchev–Trinajstić information content (AvgIpc) is 2.26. The van der Waals surface area contributed by atoms with Gasteiger partial charge in [-0.05, 0) is 40.1 Å². The molecule has 94 valence electrons. The van der Waals surface area contributed by atoms with Crippen LogP contribution >= 0.6 is 12.2 Å². The molecule has 0 spiro atoms. The summed E-state index contributed by atoms with van der Waals surface area (Å²) in [7, 11) is 4.13. The summed E-state index contributed by atoms with van der Waals surface area (Å²) in [6.45, 7) is 5.07. The van der Waals surface area contributed by atoms with Crippen molar-refractivity contribution < 1.29 is 0 Å². The fraction of sp³-hybridized carbons (Fsp3) is 0.462. The highest BCUT2D eigenvalue weighted by Gasteiger charge is 2.08. The molecule has 0 radical (unpaired) electrons. The van der Waals surface area contributed by atoms with Crippen molar-refractivity contribution in [2.24, 2.45) is 5.73 Å². The van der Waals surface area contributed by atoms with E-state index in [4.69, 9.17) is 18.0 Å². The number of thiocarbonyl (C=S) groups is 1. The molecule has 1 unspecified atom stereocenters. The molecule has 4 heteroatoms. The molecule has 17 heavy (non-hydrogen) atoms. The highest BCUT2D eigenvalue weighted by Crippen LogP contribution is 2.17. The molecular weight excluding hydrogens is 230 g/mol. The van der Waals surface area contributed by atoms with Gasteiger partial charge in [-0.15, -0.1) is 0 Å². The third-order valence-electron chi connectivity index (χ3n) is 2.91. The molecule has 1 aromatic carbocycles. The van der Waals surface area contributed by atoms with Crippen LogP contribution in [-0.4, -0.2) is 36.6 Å². The Hall–Kier alpha value is -1.13. The van der Waals surface area contributed by atoms with Crippen LogP contribution in [0.3, 0.4) is 0 Å². The zero-order valence-corrected chi connectivity index (χ0v) is 11.8. The van der Waals surface area contributed by atoms with Crippen LogP contribution < -0.4 is 11.1 Å². The Balaban J connectivity index is 2.80. The Morgan fingerprint density at radius 2 is 2.12 bits per heavy atom. The first kappa shape index (κ1) is 13.9. The molecular formula is C13H21N3S. The molecule has 3 N–H and O–H groups in total. The Labute approximate surface area is 109 Å². The van der Waals surface area contributed by atoms with Crippen LogP contribution in [0.1, 0.15) is 18.1 Å². The van der Waals surface area contributed by atoms with Gasteiger partial charge in [0.1, 0.15) is 4.99 Å². The van der Waals surface area contributed by atoms with Gasteiger partial charge < -0.3 is 16.0 Å².